The summed E-state index contributed by atoms with van der Waals surface area (Å²) in [6.07, 6.45) is 1.45. The molecule has 1 atom stereocenters. The van der Waals surface area contributed by atoms with Gasteiger partial charge in [-0.1, -0.05) is 0 Å². The SMILES string of the molecule is O=C(c1cc(C2CCCN2c2cc(F)cc(F)c2)c2oc(N3CCOCC3)cc(=O)c2c1)N1CCOCC1. The summed E-state index contributed by atoms with van der Waals surface area (Å²) in [5.74, 6) is -1.06. The maximum atomic E-state index is 14.1. The Morgan fingerprint density at radius 2 is 1.53 bits per heavy atom. The first-order valence-corrected chi connectivity index (χ1v) is 13.0. The van der Waals surface area contributed by atoms with Crippen LogP contribution in [0.3, 0.4) is 0 Å². The van der Waals surface area contributed by atoms with E-state index in [1.165, 1.54) is 18.2 Å². The van der Waals surface area contributed by atoms with Gasteiger partial charge in [0.05, 0.1) is 37.9 Å². The number of anilines is 2. The summed E-state index contributed by atoms with van der Waals surface area (Å²) in [4.78, 5) is 32.5. The van der Waals surface area contributed by atoms with E-state index in [9.17, 15) is 18.4 Å². The van der Waals surface area contributed by atoms with Crippen molar-refractivity contribution in [3.63, 3.8) is 0 Å². The largest absolute Gasteiger partial charge is 0.440 e. The first kappa shape index (κ1) is 24.8. The highest BCUT2D eigenvalue weighted by Gasteiger charge is 2.32. The van der Waals surface area contributed by atoms with Crippen molar-refractivity contribution < 1.29 is 27.5 Å². The van der Waals surface area contributed by atoms with Gasteiger partial charge in [-0.15, -0.1) is 0 Å². The summed E-state index contributed by atoms with van der Waals surface area (Å²) in [6, 6.07) is 7.98. The van der Waals surface area contributed by atoms with Gasteiger partial charge in [0.2, 0.25) is 0 Å². The molecule has 6 rings (SSSR count). The third-order valence-electron chi connectivity index (χ3n) is 7.50. The Labute approximate surface area is 218 Å². The van der Waals surface area contributed by atoms with Gasteiger partial charge in [-0.2, -0.15) is 0 Å². The fourth-order valence-corrected chi connectivity index (χ4v) is 5.64. The fraction of sp³-hybridized carbons (Fsp3) is 0.429. The molecule has 0 N–H and O–H groups in total. The first-order valence-electron chi connectivity index (χ1n) is 13.0. The van der Waals surface area contributed by atoms with E-state index in [-0.39, 0.29) is 17.4 Å². The van der Waals surface area contributed by atoms with Crippen molar-refractivity contribution in [2.75, 3.05) is 69.0 Å². The molecule has 3 aromatic rings. The molecule has 0 aliphatic carbocycles. The van der Waals surface area contributed by atoms with Crippen LogP contribution in [0.4, 0.5) is 20.4 Å². The average Bonchev–Trinajstić information content (AvgIpc) is 3.43. The van der Waals surface area contributed by atoms with Gasteiger partial charge in [0.15, 0.2) is 11.3 Å². The van der Waals surface area contributed by atoms with Gasteiger partial charge in [0, 0.05) is 61.7 Å². The molecule has 0 bridgehead atoms. The van der Waals surface area contributed by atoms with Gasteiger partial charge < -0.3 is 28.6 Å². The molecular formula is C28H29F2N3O5. The molecule has 3 aliphatic rings. The van der Waals surface area contributed by atoms with Gasteiger partial charge in [-0.25, -0.2) is 8.78 Å². The zero-order valence-electron chi connectivity index (χ0n) is 21.0. The fourth-order valence-electron chi connectivity index (χ4n) is 5.64. The number of amides is 1. The van der Waals surface area contributed by atoms with Crippen LogP contribution in [-0.2, 0) is 9.47 Å². The average molecular weight is 526 g/mol. The second kappa shape index (κ2) is 10.3. The Balaban J connectivity index is 1.50. The summed E-state index contributed by atoms with van der Waals surface area (Å²) < 4.78 is 45.5. The molecule has 0 saturated carbocycles. The Hall–Kier alpha value is -3.50. The van der Waals surface area contributed by atoms with E-state index in [4.69, 9.17) is 13.9 Å². The number of halogens is 2. The number of benzene rings is 2. The number of hydrogen-bond donors (Lipinski definition) is 0. The Bertz CT molecular complexity index is 1400. The van der Waals surface area contributed by atoms with E-state index in [2.05, 4.69) is 0 Å². The lowest BCUT2D eigenvalue weighted by Gasteiger charge is -2.30. The van der Waals surface area contributed by atoms with Crippen molar-refractivity contribution in [1.29, 1.82) is 0 Å². The van der Waals surface area contributed by atoms with E-state index in [1.807, 2.05) is 9.80 Å². The molecule has 3 saturated heterocycles. The summed E-state index contributed by atoms with van der Waals surface area (Å²) in [5, 5.41) is 0.313. The van der Waals surface area contributed by atoms with E-state index in [1.54, 1.807) is 17.0 Å². The van der Waals surface area contributed by atoms with Crippen LogP contribution in [0.15, 0.2) is 45.6 Å². The van der Waals surface area contributed by atoms with Crippen LogP contribution in [0.5, 0.6) is 0 Å². The molecule has 1 amide bonds. The Kier molecular flexibility index (Phi) is 6.75. The summed E-state index contributed by atoms with van der Waals surface area (Å²) >= 11 is 0. The van der Waals surface area contributed by atoms with Crippen molar-refractivity contribution >= 4 is 28.4 Å². The van der Waals surface area contributed by atoms with E-state index < -0.39 is 11.6 Å². The van der Waals surface area contributed by atoms with Crippen LogP contribution in [0, 0.1) is 11.6 Å². The lowest BCUT2D eigenvalue weighted by Crippen LogP contribution is -2.40. The molecule has 2 aromatic carbocycles. The molecule has 38 heavy (non-hydrogen) atoms. The lowest BCUT2D eigenvalue weighted by molar-refractivity contribution is 0.0303. The van der Waals surface area contributed by atoms with Gasteiger partial charge in [-0.05, 0) is 37.1 Å². The standard InChI is InChI=1S/C28H29F2N3O5/c29-19-14-20(30)16-21(15-19)33-3-1-2-24(33)22-12-18(28(35)32-6-10-37-11-7-32)13-23-25(34)17-26(38-27(22)23)31-4-8-36-9-5-31/h12-17,24H,1-11H2. The number of fused-ring (bicyclic) bond motifs is 1. The van der Waals surface area contributed by atoms with Crippen molar-refractivity contribution in [1.82, 2.24) is 4.90 Å². The third kappa shape index (κ3) is 4.74. The minimum atomic E-state index is -0.659. The number of nitrogens with zero attached hydrogens (tertiary/aromatic N) is 3. The topological polar surface area (TPSA) is 75.5 Å². The Morgan fingerprint density at radius 3 is 2.24 bits per heavy atom. The second-order valence-electron chi connectivity index (χ2n) is 9.87. The van der Waals surface area contributed by atoms with Crippen LogP contribution in [-0.4, -0.2) is 70.0 Å². The van der Waals surface area contributed by atoms with Crippen LogP contribution in [0.1, 0.15) is 34.8 Å². The molecule has 200 valence electrons. The van der Waals surface area contributed by atoms with Crippen LogP contribution < -0.4 is 15.2 Å². The molecule has 3 aliphatic heterocycles. The van der Waals surface area contributed by atoms with Crippen molar-refractivity contribution in [2.45, 2.75) is 18.9 Å². The molecule has 4 heterocycles. The predicted molar refractivity (Wildman–Crippen MR) is 138 cm³/mol. The molecule has 0 spiro atoms. The minimum absolute atomic E-state index is 0.186. The third-order valence-corrected chi connectivity index (χ3v) is 7.50. The molecule has 8 nitrogen and oxygen atoms in total. The maximum absolute atomic E-state index is 14.1. The van der Waals surface area contributed by atoms with E-state index in [0.717, 1.165) is 12.5 Å². The summed E-state index contributed by atoms with van der Waals surface area (Å²) in [7, 11) is 0. The normalized spacial score (nSPS) is 20.4. The molecular weight excluding hydrogens is 496 g/mol. The Morgan fingerprint density at radius 1 is 0.842 bits per heavy atom. The highest BCUT2D eigenvalue weighted by atomic mass is 19.1. The molecule has 1 unspecified atom stereocenters. The first-order chi connectivity index (χ1) is 18.5. The quantitative estimate of drug-likeness (QED) is 0.514. The highest BCUT2D eigenvalue weighted by molar-refractivity contribution is 5.99. The van der Waals surface area contributed by atoms with Crippen molar-refractivity contribution in [3.8, 4) is 0 Å². The lowest BCUT2D eigenvalue weighted by atomic mass is 9.97. The number of carbonyl (C=O) groups excluding carboxylic acids is 1. The summed E-state index contributed by atoms with van der Waals surface area (Å²) in [6.45, 7) is 4.67. The maximum Gasteiger partial charge on any atom is 0.254 e. The molecule has 1 aromatic heterocycles. The number of carbonyl (C=O) groups is 1. The monoisotopic (exact) mass is 525 g/mol. The number of morpholine rings is 2. The predicted octanol–water partition coefficient (Wildman–Crippen LogP) is 3.72. The number of ether oxygens (including phenoxy) is 2. The van der Waals surface area contributed by atoms with Crippen LogP contribution >= 0.6 is 0 Å². The van der Waals surface area contributed by atoms with Gasteiger partial charge in [-0.3, -0.25) is 9.59 Å². The van der Waals surface area contributed by atoms with Crippen LogP contribution in [0.25, 0.3) is 11.0 Å². The molecule has 10 heteroatoms. The zero-order valence-corrected chi connectivity index (χ0v) is 21.0. The van der Waals surface area contributed by atoms with Gasteiger partial charge in [0.25, 0.3) is 5.91 Å². The minimum Gasteiger partial charge on any atom is -0.440 e. The molecule has 0 radical (unpaired) electrons. The van der Waals surface area contributed by atoms with Gasteiger partial charge >= 0.3 is 0 Å². The van der Waals surface area contributed by atoms with E-state index in [0.29, 0.717) is 99.2 Å². The number of hydrogen-bond acceptors (Lipinski definition) is 7. The van der Waals surface area contributed by atoms with Crippen molar-refractivity contribution in [2.24, 2.45) is 0 Å². The van der Waals surface area contributed by atoms with Crippen molar-refractivity contribution in [3.05, 3.63) is 69.4 Å². The van der Waals surface area contributed by atoms with Crippen LogP contribution in [0.2, 0.25) is 0 Å². The number of rotatable bonds is 4. The van der Waals surface area contributed by atoms with Gasteiger partial charge in [0.1, 0.15) is 17.2 Å². The smallest absolute Gasteiger partial charge is 0.254 e. The zero-order chi connectivity index (χ0) is 26.2. The summed E-state index contributed by atoms with van der Waals surface area (Å²) in [5.41, 5.74) is 1.61. The second-order valence-corrected chi connectivity index (χ2v) is 9.87. The molecule has 3 fully saturated rings. The highest BCUT2D eigenvalue weighted by Crippen LogP contribution is 2.40. The van der Waals surface area contributed by atoms with E-state index >= 15 is 0 Å².